The number of aromatic nitrogens is 2. The van der Waals surface area contributed by atoms with Crippen LogP contribution in [0.15, 0.2) is 128 Å². The molecule has 39 heavy (non-hydrogen) atoms. The van der Waals surface area contributed by atoms with E-state index in [9.17, 15) is 9.59 Å². The number of imidazole rings is 1. The second kappa shape index (κ2) is 9.21. The predicted octanol–water partition coefficient (Wildman–Crippen LogP) is 5.94. The maximum Gasteiger partial charge on any atom is 0.243 e. The summed E-state index contributed by atoms with van der Waals surface area (Å²) in [7, 11) is 0. The molecule has 5 nitrogen and oxygen atoms in total. The van der Waals surface area contributed by atoms with Gasteiger partial charge in [0.25, 0.3) is 0 Å². The fourth-order valence-corrected chi connectivity index (χ4v) is 6.59. The van der Waals surface area contributed by atoms with Gasteiger partial charge < -0.3 is 4.57 Å². The lowest BCUT2D eigenvalue weighted by molar-refractivity contribution is -0.122. The molecule has 0 saturated carbocycles. The molecule has 7 rings (SSSR count). The first-order valence-corrected chi connectivity index (χ1v) is 13.4. The minimum atomic E-state index is -0.796. The van der Waals surface area contributed by atoms with Crippen molar-refractivity contribution in [1.29, 1.82) is 0 Å². The number of para-hydroxylation sites is 1. The van der Waals surface area contributed by atoms with Crippen molar-refractivity contribution in [2.75, 3.05) is 4.90 Å². The normalized spacial score (nSPS) is 18.6. The summed E-state index contributed by atoms with van der Waals surface area (Å²) in [5.74, 6) is -1.32. The summed E-state index contributed by atoms with van der Waals surface area (Å²) < 4.78 is 2.18. The quantitative estimate of drug-likeness (QED) is 0.218. The van der Waals surface area contributed by atoms with Gasteiger partial charge in [-0.3, -0.25) is 9.59 Å². The maximum atomic E-state index is 14.2. The van der Waals surface area contributed by atoms with Crippen LogP contribution in [-0.2, 0) is 21.5 Å². The van der Waals surface area contributed by atoms with E-state index in [1.807, 2.05) is 91.3 Å². The van der Waals surface area contributed by atoms with Crippen LogP contribution in [0.25, 0.3) is 0 Å². The van der Waals surface area contributed by atoms with Crippen LogP contribution in [-0.4, -0.2) is 21.4 Å². The Kier molecular flexibility index (Phi) is 5.51. The van der Waals surface area contributed by atoms with Crippen molar-refractivity contribution in [2.45, 2.75) is 24.3 Å². The Morgan fingerprint density at radius 3 is 1.64 bits per heavy atom. The first-order chi connectivity index (χ1) is 19.2. The van der Waals surface area contributed by atoms with Gasteiger partial charge >= 0.3 is 0 Å². The number of aryl methyl sites for hydroxylation is 1. The van der Waals surface area contributed by atoms with Crippen LogP contribution in [0.1, 0.15) is 40.4 Å². The van der Waals surface area contributed by atoms with Gasteiger partial charge in [-0.1, -0.05) is 109 Å². The minimum Gasteiger partial charge on any atom is -0.315 e. The van der Waals surface area contributed by atoms with Gasteiger partial charge in [-0.15, -0.1) is 0 Å². The molecular formula is C34H27N3O2. The Bertz CT molecular complexity index is 1550. The Labute approximate surface area is 227 Å². The smallest absolute Gasteiger partial charge is 0.243 e. The molecule has 1 aliphatic heterocycles. The Hall–Kier alpha value is -4.77. The number of carbonyl (C=O) groups is 2. The van der Waals surface area contributed by atoms with E-state index in [1.165, 1.54) is 4.90 Å². The number of amides is 2. The van der Waals surface area contributed by atoms with E-state index in [2.05, 4.69) is 41.0 Å². The standard InChI is InChI=1S/C34H27N3O2/c38-32-28-21-22-29-31(30(28)33(39)37(32)27-19-11-4-12-20-27)36(23-35-29)34(24-13-5-1-6-14-24,25-15-7-2-8-16-25)26-17-9-3-10-18-26/h1-20,23,28,30H,21-22H2/t28-,30-/m1/s1. The summed E-state index contributed by atoms with van der Waals surface area (Å²) in [5.41, 5.74) is 4.72. The van der Waals surface area contributed by atoms with Crippen molar-refractivity contribution in [3.8, 4) is 0 Å². The van der Waals surface area contributed by atoms with E-state index in [4.69, 9.17) is 4.98 Å². The highest BCUT2D eigenvalue weighted by Crippen LogP contribution is 2.49. The van der Waals surface area contributed by atoms with Crippen LogP contribution in [0.2, 0.25) is 0 Å². The molecule has 1 aromatic heterocycles. The van der Waals surface area contributed by atoms with Gasteiger partial charge in [0.05, 0.1) is 35.2 Å². The summed E-state index contributed by atoms with van der Waals surface area (Å²) in [5, 5.41) is 0. The van der Waals surface area contributed by atoms with Gasteiger partial charge in [0.15, 0.2) is 0 Å². The second-order valence-corrected chi connectivity index (χ2v) is 10.2. The van der Waals surface area contributed by atoms with Crippen molar-refractivity contribution in [2.24, 2.45) is 5.92 Å². The van der Waals surface area contributed by atoms with E-state index in [1.54, 1.807) is 0 Å². The zero-order valence-corrected chi connectivity index (χ0v) is 21.4. The van der Waals surface area contributed by atoms with E-state index in [0.717, 1.165) is 28.1 Å². The third kappa shape index (κ3) is 3.43. The highest BCUT2D eigenvalue weighted by Gasteiger charge is 2.54. The van der Waals surface area contributed by atoms with Gasteiger partial charge in [0.1, 0.15) is 5.54 Å². The van der Waals surface area contributed by atoms with E-state index in [0.29, 0.717) is 18.5 Å². The Morgan fingerprint density at radius 1 is 0.641 bits per heavy atom. The Morgan fingerprint density at radius 2 is 1.13 bits per heavy atom. The fourth-order valence-electron chi connectivity index (χ4n) is 6.59. The van der Waals surface area contributed by atoms with Crippen LogP contribution in [0, 0.1) is 5.92 Å². The second-order valence-electron chi connectivity index (χ2n) is 10.2. The highest BCUT2D eigenvalue weighted by molar-refractivity contribution is 6.24. The van der Waals surface area contributed by atoms with Crippen LogP contribution >= 0.6 is 0 Å². The lowest BCUT2D eigenvalue weighted by Crippen LogP contribution is -2.40. The Balaban J connectivity index is 1.51. The molecule has 4 aromatic carbocycles. The van der Waals surface area contributed by atoms with E-state index >= 15 is 0 Å². The molecular weight excluding hydrogens is 482 g/mol. The van der Waals surface area contributed by atoms with E-state index < -0.39 is 17.4 Å². The zero-order chi connectivity index (χ0) is 26.4. The van der Waals surface area contributed by atoms with Gasteiger partial charge in [-0.25, -0.2) is 9.88 Å². The number of hydrogen-bond donors (Lipinski definition) is 0. The first kappa shape index (κ1) is 23.4. The van der Waals surface area contributed by atoms with Crippen molar-refractivity contribution in [3.05, 3.63) is 156 Å². The van der Waals surface area contributed by atoms with Crippen LogP contribution in [0.4, 0.5) is 5.69 Å². The molecule has 2 atom stereocenters. The molecule has 1 saturated heterocycles. The molecule has 0 N–H and O–H groups in total. The third-order valence-electron chi connectivity index (χ3n) is 8.25. The van der Waals surface area contributed by atoms with Crippen molar-refractivity contribution < 1.29 is 9.59 Å². The maximum absolute atomic E-state index is 14.2. The van der Waals surface area contributed by atoms with Crippen molar-refractivity contribution >= 4 is 17.5 Å². The molecule has 0 unspecified atom stereocenters. The number of fused-ring (bicyclic) bond motifs is 3. The molecule has 0 spiro atoms. The molecule has 2 aliphatic rings. The van der Waals surface area contributed by atoms with E-state index in [-0.39, 0.29) is 11.8 Å². The SMILES string of the molecule is O=C1[C@@H]2CCc3ncn(C(c4ccccc4)(c4ccccc4)c4ccccc4)c3[C@@H]2C(=O)N1c1ccccc1. The first-order valence-electron chi connectivity index (χ1n) is 13.4. The van der Waals surface area contributed by atoms with Crippen molar-refractivity contribution in [3.63, 3.8) is 0 Å². The molecule has 5 aromatic rings. The van der Waals surface area contributed by atoms with Gasteiger partial charge in [0, 0.05) is 0 Å². The fraction of sp³-hybridized carbons (Fsp3) is 0.147. The topological polar surface area (TPSA) is 55.2 Å². The van der Waals surface area contributed by atoms with Gasteiger partial charge in [-0.2, -0.15) is 0 Å². The van der Waals surface area contributed by atoms with Crippen molar-refractivity contribution in [1.82, 2.24) is 9.55 Å². The molecule has 1 fully saturated rings. The molecule has 5 heteroatoms. The summed E-state index contributed by atoms with van der Waals surface area (Å²) in [6.45, 7) is 0. The summed E-state index contributed by atoms with van der Waals surface area (Å²) in [6, 6.07) is 40.4. The highest BCUT2D eigenvalue weighted by atomic mass is 16.2. The summed E-state index contributed by atoms with van der Waals surface area (Å²) >= 11 is 0. The molecule has 0 bridgehead atoms. The number of anilines is 1. The molecule has 0 radical (unpaired) electrons. The molecule has 2 amide bonds. The van der Waals surface area contributed by atoms with Crippen LogP contribution < -0.4 is 4.90 Å². The average Bonchev–Trinajstić information content (AvgIpc) is 3.54. The largest absolute Gasteiger partial charge is 0.315 e. The summed E-state index contributed by atoms with van der Waals surface area (Å²) in [4.78, 5) is 34.2. The third-order valence-corrected chi connectivity index (χ3v) is 8.25. The number of carbonyl (C=O) groups excluding carboxylic acids is 2. The monoisotopic (exact) mass is 509 g/mol. The number of hydrogen-bond acceptors (Lipinski definition) is 3. The number of rotatable bonds is 5. The predicted molar refractivity (Wildman–Crippen MR) is 150 cm³/mol. The lowest BCUT2D eigenvalue weighted by atomic mass is 9.74. The molecule has 1 aliphatic carbocycles. The molecule has 190 valence electrons. The van der Waals surface area contributed by atoms with Crippen LogP contribution in [0.5, 0.6) is 0 Å². The van der Waals surface area contributed by atoms with Gasteiger partial charge in [0.2, 0.25) is 11.8 Å². The number of nitrogens with zero attached hydrogens (tertiary/aromatic N) is 3. The minimum absolute atomic E-state index is 0.126. The lowest BCUT2D eigenvalue weighted by Gasteiger charge is -2.40. The molecule has 2 heterocycles. The van der Waals surface area contributed by atoms with Gasteiger partial charge in [-0.05, 0) is 41.7 Å². The average molecular weight is 510 g/mol. The number of imide groups is 1. The number of benzene rings is 4. The summed E-state index contributed by atoms with van der Waals surface area (Å²) in [6.07, 6.45) is 3.14. The zero-order valence-electron chi connectivity index (χ0n) is 21.4. The van der Waals surface area contributed by atoms with Crippen LogP contribution in [0.3, 0.4) is 0 Å².